The van der Waals surface area contributed by atoms with Crippen molar-refractivity contribution in [3.8, 4) is 0 Å². The summed E-state index contributed by atoms with van der Waals surface area (Å²) in [5.41, 5.74) is 0. The molecule has 0 aliphatic carbocycles. The highest BCUT2D eigenvalue weighted by molar-refractivity contribution is 7.87. The molecule has 0 amide bonds. The smallest absolute Gasteiger partial charge is 0.381 e. The highest BCUT2D eigenvalue weighted by atomic mass is 32.2. The van der Waals surface area contributed by atoms with E-state index in [1.165, 1.54) is 0 Å². The Morgan fingerprint density at radius 2 is 1.55 bits per heavy atom. The van der Waals surface area contributed by atoms with Crippen molar-refractivity contribution in [3.05, 3.63) is 0 Å². The van der Waals surface area contributed by atoms with Gasteiger partial charge >= 0.3 is 21.3 Å². The second-order valence-corrected chi connectivity index (χ2v) is 5.94. The fourth-order valence-electron chi connectivity index (χ4n) is 1.44. The predicted molar refractivity (Wildman–Crippen MR) is 65.6 cm³/mol. The number of unbranched alkanes of at least 4 members (excludes halogenated alkanes) is 4. The number of alkyl halides is 4. The van der Waals surface area contributed by atoms with E-state index >= 15 is 0 Å². The molecule has 0 rings (SSSR count). The number of rotatable bonds is 11. The van der Waals surface area contributed by atoms with Gasteiger partial charge in [-0.3, -0.25) is 4.55 Å². The Morgan fingerprint density at radius 1 is 1.00 bits per heavy atom. The molecule has 0 aliphatic heterocycles. The maximum absolute atomic E-state index is 13.0. The first-order valence-corrected chi connectivity index (χ1v) is 7.80. The average molecular weight is 324 g/mol. The van der Waals surface area contributed by atoms with E-state index < -0.39 is 34.3 Å². The second kappa shape index (κ2) is 8.14. The molecule has 0 aromatic heterocycles. The van der Waals surface area contributed by atoms with Gasteiger partial charge in [-0.1, -0.05) is 32.6 Å². The zero-order valence-electron chi connectivity index (χ0n) is 11.2. The van der Waals surface area contributed by atoms with Gasteiger partial charge in [0.25, 0.3) is 0 Å². The molecule has 0 atom stereocenters. The minimum absolute atomic E-state index is 0.150. The maximum atomic E-state index is 13.0. The molecule has 0 spiro atoms. The molecule has 0 aliphatic rings. The molecule has 0 heterocycles. The van der Waals surface area contributed by atoms with Gasteiger partial charge in [0.2, 0.25) is 0 Å². The third kappa shape index (κ3) is 5.92. The molecule has 0 fully saturated rings. The van der Waals surface area contributed by atoms with E-state index in [9.17, 15) is 26.0 Å². The Kier molecular flexibility index (Phi) is 7.97. The van der Waals surface area contributed by atoms with Gasteiger partial charge in [0.05, 0.1) is 6.61 Å². The molecule has 20 heavy (non-hydrogen) atoms. The van der Waals surface area contributed by atoms with Crippen LogP contribution < -0.4 is 0 Å². The first-order chi connectivity index (χ1) is 9.06. The predicted octanol–water partition coefficient (Wildman–Crippen LogP) is 3.48. The second-order valence-electron chi connectivity index (χ2n) is 4.47. The number of ether oxygens (including phenoxy) is 1. The highest BCUT2D eigenvalue weighted by Crippen LogP contribution is 2.40. The van der Waals surface area contributed by atoms with Crippen LogP contribution in [-0.4, -0.2) is 37.4 Å². The zero-order chi connectivity index (χ0) is 15.9. The Balaban J connectivity index is 4.01. The fourth-order valence-corrected chi connectivity index (χ4v) is 1.92. The number of hydrogen-bond donors (Lipinski definition) is 1. The summed E-state index contributed by atoms with van der Waals surface area (Å²) >= 11 is 0. The van der Waals surface area contributed by atoms with Gasteiger partial charge in [0, 0.05) is 13.0 Å². The Morgan fingerprint density at radius 3 is 2.05 bits per heavy atom. The molecule has 4 nitrogen and oxygen atoms in total. The van der Waals surface area contributed by atoms with Crippen molar-refractivity contribution in [2.45, 2.75) is 56.6 Å². The molecule has 0 saturated carbocycles. The topological polar surface area (TPSA) is 63.6 Å². The van der Waals surface area contributed by atoms with E-state index in [2.05, 4.69) is 0 Å². The van der Waals surface area contributed by atoms with E-state index in [0.717, 1.165) is 25.7 Å². The standard InChI is InChI=1S/C11H20F4O4S/c1-2-3-4-5-6-8-19-9-7-10(12,13)11(14,15)20(16,17)18/h2-9H2,1H3,(H,16,17,18). The Bertz CT molecular complexity index is 371. The minimum atomic E-state index is -6.16. The minimum Gasteiger partial charge on any atom is -0.381 e. The zero-order valence-corrected chi connectivity index (χ0v) is 12.1. The third-order valence-corrected chi connectivity index (χ3v) is 3.65. The van der Waals surface area contributed by atoms with Crippen LogP contribution in [0.5, 0.6) is 0 Å². The molecule has 122 valence electrons. The van der Waals surface area contributed by atoms with Crippen LogP contribution in [0.2, 0.25) is 0 Å². The van der Waals surface area contributed by atoms with Crippen LogP contribution in [0, 0.1) is 0 Å². The van der Waals surface area contributed by atoms with Gasteiger partial charge in [0.1, 0.15) is 0 Å². The van der Waals surface area contributed by atoms with Gasteiger partial charge in [0.15, 0.2) is 0 Å². The summed E-state index contributed by atoms with van der Waals surface area (Å²) in [6, 6.07) is 0. The molecule has 0 aromatic carbocycles. The Hall–Kier alpha value is -0.410. The summed E-state index contributed by atoms with van der Waals surface area (Å²) in [5.74, 6) is -4.87. The van der Waals surface area contributed by atoms with Crippen molar-refractivity contribution in [1.29, 1.82) is 0 Å². The molecule has 0 aromatic rings. The van der Waals surface area contributed by atoms with Gasteiger partial charge in [-0.2, -0.15) is 26.0 Å². The molecule has 0 bridgehead atoms. The van der Waals surface area contributed by atoms with Crippen molar-refractivity contribution < 1.29 is 35.3 Å². The molecular formula is C11H20F4O4S. The van der Waals surface area contributed by atoms with Crippen LogP contribution in [0.15, 0.2) is 0 Å². The molecule has 9 heteroatoms. The van der Waals surface area contributed by atoms with Gasteiger partial charge in [-0.05, 0) is 6.42 Å². The lowest BCUT2D eigenvalue weighted by molar-refractivity contribution is -0.170. The SMILES string of the molecule is CCCCCCCOCCC(F)(F)C(F)(F)S(=O)(=O)O. The lowest BCUT2D eigenvalue weighted by atomic mass is 10.2. The van der Waals surface area contributed by atoms with Crippen molar-refractivity contribution in [1.82, 2.24) is 0 Å². The van der Waals surface area contributed by atoms with Gasteiger partial charge in [-0.25, -0.2) is 0 Å². The molecular weight excluding hydrogens is 304 g/mol. The number of hydrogen-bond acceptors (Lipinski definition) is 3. The monoisotopic (exact) mass is 324 g/mol. The number of halogens is 4. The van der Waals surface area contributed by atoms with Gasteiger partial charge in [-0.15, -0.1) is 0 Å². The summed E-state index contributed by atoms with van der Waals surface area (Å²) < 4.78 is 84.9. The lowest BCUT2D eigenvalue weighted by Crippen LogP contribution is -2.47. The van der Waals surface area contributed by atoms with Crippen LogP contribution in [0.4, 0.5) is 17.6 Å². The van der Waals surface area contributed by atoms with Crippen molar-refractivity contribution in [2.24, 2.45) is 0 Å². The van der Waals surface area contributed by atoms with Gasteiger partial charge < -0.3 is 4.74 Å². The summed E-state index contributed by atoms with van der Waals surface area (Å²) in [5, 5.41) is -5.51. The quantitative estimate of drug-likeness (QED) is 0.359. The van der Waals surface area contributed by atoms with E-state index in [1.807, 2.05) is 6.92 Å². The molecule has 0 saturated heterocycles. The molecule has 0 unspecified atom stereocenters. The van der Waals surface area contributed by atoms with Crippen molar-refractivity contribution in [2.75, 3.05) is 13.2 Å². The molecule has 1 N–H and O–H groups in total. The largest absolute Gasteiger partial charge is 0.431 e. The normalized spacial score (nSPS) is 13.7. The van der Waals surface area contributed by atoms with E-state index in [-0.39, 0.29) is 6.61 Å². The van der Waals surface area contributed by atoms with Crippen LogP contribution in [0.1, 0.15) is 45.4 Å². The maximum Gasteiger partial charge on any atom is 0.431 e. The summed E-state index contributed by atoms with van der Waals surface area (Å²) in [6.45, 7) is 1.48. The van der Waals surface area contributed by atoms with Crippen LogP contribution in [0.3, 0.4) is 0 Å². The average Bonchev–Trinajstić information content (AvgIpc) is 2.31. The van der Waals surface area contributed by atoms with Crippen LogP contribution in [0.25, 0.3) is 0 Å². The van der Waals surface area contributed by atoms with Crippen LogP contribution >= 0.6 is 0 Å². The van der Waals surface area contributed by atoms with Crippen LogP contribution in [-0.2, 0) is 14.9 Å². The first-order valence-electron chi connectivity index (χ1n) is 6.36. The van der Waals surface area contributed by atoms with E-state index in [0.29, 0.717) is 6.42 Å². The Labute approximate surface area is 116 Å². The summed E-state index contributed by atoms with van der Waals surface area (Å²) in [7, 11) is -6.16. The lowest BCUT2D eigenvalue weighted by Gasteiger charge is -2.23. The third-order valence-electron chi connectivity index (χ3n) is 2.70. The highest BCUT2D eigenvalue weighted by Gasteiger charge is 2.65. The fraction of sp³-hybridized carbons (Fsp3) is 1.00. The summed E-state index contributed by atoms with van der Waals surface area (Å²) in [6.07, 6.45) is 3.09. The first kappa shape index (κ1) is 19.6. The van der Waals surface area contributed by atoms with Crippen molar-refractivity contribution in [3.63, 3.8) is 0 Å². The van der Waals surface area contributed by atoms with E-state index in [4.69, 9.17) is 9.29 Å². The van der Waals surface area contributed by atoms with Crippen molar-refractivity contribution >= 4 is 10.1 Å². The molecule has 0 radical (unpaired) electrons. The summed E-state index contributed by atoms with van der Waals surface area (Å²) in [4.78, 5) is 0. The van der Waals surface area contributed by atoms with E-state index in [1.54, 1.807) is 0 Å².